The Bertz CT molecular complexity index is 2220. The van der Waals surface area contributed by atoms with Crippen LogP contribution in [-0.4, -0.2) is 78.3 Å². The minimum atomic E-state index is -0.551. The lowest BCUT2D eigenvalue weighted by atomic mass is 10.1. The molecule has 3 fully saturated rings. The molecular formula is C35H38F2N8O4. The van der Waals surface area contributed by atoms with Crippen molar-refractivity contribution in [2.75, 3.05) is 62.7 Å². The summed E-state index contributed by atoms with van der Waals surface area (Å²) >= 11 is 0. The second-order valence-electron chi connectivity index (χ2n) is 13.1. The Hall–Kier alpha value is -4.82. The summed E-state index contributed by atoms with van der Waals surface area (Å²) in [4.78, 5) is 31.8. The van der Waals surface area contributed by atoms with Gasteiger partial charge in [-0.15, -0.1) is 10.2 Å². The molecule has 0 radical (unpaired) electrons. The molecule has 3 aromatic heterocycles. The molecule has 1 atom stereocenters. The lowest BCUT2D eigenvalue weighted by Crippen LogP contribution is -2.49. The first kappa shape index (κ1) is 31.4. The van der Waals surface area contributed by atoms with E-state index >= 15 is 8.78 Å². The highest BCUT2D eigenvalue weighted by Crippen LogP contribution is 2.44. The zero-order chi connectivity index (χ0) is 34.0. The van der Waals surface area contributed by atoms with Gasteiger partial charge in [0.1, 0.15) is 22.6 Å². The number of fused-ring (bicyclic) bond motifs is 2. The lowest BCUT2D eigenvalue weighted by molar-refractivity contribution is 0.407. The van der Waals surface area contributed by atoms with Crippen molar-refractivity contribution in [2.24, 2.45) is 0 Å². The number of methoxy groups -OCH3 is 1. The fourth-order valence-corrected chi connectivity index (χ4v) is 7.26. The molecule has 8 rings (SSSR count). The van der Waals surface area contributed by atoms with Crippen LogP contribution in [0.25, 0.3) is 44.7 Å². The van der Waals surface area contributed by atoms with Gasteiger partial charge in [-0.2, -0.15) is 0 Å². The van der Waals surface area contributed by atoms with Gasteiger partial charge in [0.15, 0.2) is 11.6 Å². The van der Waals surface area contributed by atoms with Gasteiger partial charge in [-0.05, 0) is 44.9 Å². The minimum Gasteiger partial charge on any atom is -0.492 e. The van der Waals surface area contributed by atoms with E-state index in [0.29, 0.717) is 67.4 Å². The van der Waals surface area contributed by atoms with E-state index in [-0.39, 0.29) is 45.8 Å². The number of rotatable bonds is 7. The maximum absolute atomic E-state index is 16.0. The molecule has 49 heavy (non-hydrogen) atoms. The van der Waals surface area contributed by atoms with Crippen LogP contribution >= 0.6 is 0 Å². The van der Waals surface area contributed by atoms with Gasteiger partial charge in [-0.1, -0.05) is 0 Å². The fraction of sp³-hybridized carbons (Fsp3) is 0.429. The summed E-state index contributed by atoms with van der Waals surface area (Å²) in [7, 11) is 1.49. The van der Waals surface area contributed by atoms with Gasteiger partial charge in [0.05, 0.1) is 29.2 Å². The molecule has 5 aromatic rings. The Morgan fingerprint density at radius 2 is 1.59 bits per heavy atom. The van der Waals surface area contributed by atoms with E-state index in [9.17, 15) is 9.59 Å². The lowest BCUT2D eigenvalue weighted by Gasteiger charge is -2.35. The van der Waals surface area contributed by atoms with Gasteiger partial charge in [0, 0.05) is 82.2 Å². The Morgan fingerprint density at radius 3 is 2.27 bits per heavy atom. The molecule has 1 unspecified atom stereocenters. The number of halogens is 2. The number of hydrogen-bond donors (Lipinski definition) is 2. The maximum Gasteiger partial charge on any atom is 0.253 e. The second-order valence-corrected chi connectivity index (χ2v) is 13.1. The summed E-state index contributed by atoms with van der Waals surface area (Å²) in [6.07, 6.45) is 5.06. The molecule has 0 amide bonds. The van der Waals surface area contributed by atoms with Crippen LogP contribution in [-0.2, 0) is 6.54 Å². The van der Waals surface area contributed by atoms with Gasteiger partial charge >= 0.3 is 0 Å². The Balaban J connectivity index is 1.24. The van der Waals surface area contributed by atoms with Gasteiger partial charge in [-0.25, -0.2) is 8.78 Å². The van der Waals surface area contributed by atoms with Crippen LogP contribution < -0.4 is 36.0 Å². The van der Waals surface area contributed by atoms with E-state index in [0.717, 1.165) is 25.9 Å². The van der Waals surface area contributed by atoms with Crippen LogP contribution in [0.5, 0.6) is 5.75 Å². The number of nitrogens with zero attached hydrogens (tertiary/aromatic N) is 6. The number of piperazine rings is 2. The van der Waals surface area contributed by atoms with Crippen molar-refractivity contribution < 1.29 is 17.9 Å². The number of aryl methyl sites for hydroxylation is 1. The van der Waals surface area contributed by atoms with Crippen LogP contribution in [0.4, 0.5) is 20.2 Å². The average Bonchev–Trinajstić information content (AvgIpc) is 3.84. The minimum absolute atomic E-state index is 0.0802. The average molecular weight is 673 g/mol. The highest BCUT2D eigenvalue weighted by molar-refractivity contribution is 5.93. The number of ether oxygens (including phenoxy) is 1. The summed E-state index contributed by atoms with van der Waals surface area (Å²) in [6.45, 7) is 9.17. The van der Waals surface area contributed by atoms with Crippen molar-refractivity contribution in [3.63, 3.8) is 0 Å². The molecule has 256 valence electrons. The number of benzene rings is 2. The Morgan fingerprint density at radius 1 is 0.918 bits per heavy atom. The van der Waals surface area contributed by atoms with Crippen molar-refractivity contribution in [3.8, 4) is 28.7 Å². The third-order valence-corrected chi connectivity index (χ3v) is 9.86. The van der Waals surface area contributed by atoms with Gasteiger partial charge in [0.25, 0.3) is 11.8 Å². The number of hydrogen-bond acceptors (Lipinski definition) is 10. The summed E-state index contributed by atoms with van der Waals surface area (Å²) in [5, 5.41) is 15.3. The van der Waals surface area contributed by atoms with Crippen LogP contribution in [0.15, 0.2) is 44.6 Å². The van der Waals surface area contributed by atoms with Crippen molar-refractivity contribution in [1.29, 1.82) is 0 Å². The van der Waals surface area contributed by atoms with E-state index in [2.05, 4.69) is 20.8 Å². The molecule has 2 saturated heterocycles. The third-order valence-electron chi connectivity index (χ3n) is 9.86. The fourth-order valence-electron chi connectivity index (χ4n) is 7.26. The monoisotopic (exact) mass is 672 g/mol. The van der Waals surface area contributed by atoms with Crippen LogP contribution in [0.2, 0.25) is 0 Å². The van der Waals surface area contributed by atoms with Crippen LogP contribution in [0.1, 0.15) is 32.7 Å². The number of aromatic nitrogens is 4. The molecule has 5 heterocycles. The maximum atomic E-state index is 16.0. The van der Waals surface area contributed by atoms with Crippen LogP contribution in [0.3, 0.4) is 0 Å². The predicted molar refractivity (Wildman–Crippen MR) is 184 cm³/mol. The molecule has 1 saturated carbocycles. The molecule has 2 N–H and O–H groups in total. The van der Waals surface area contributed by atoms with Crippen LogP contribution in [0, 0.1) is 11.6 Å². The van der Waals surface area contributed by atoms with Gasteiger partial charge in [-0.3, -0.25) is 9.59 Å². The standard InChI is InChI=1S/C35H38F2N8O4/c1-4-42-17-23(31(46)21-13-25(36)28(15-27(21)42)43-10-7-38-8-11-43)34-40-41-35(49-34)24-18-45(20-5-6-20)29-22(32(24)47)14-26(37)30(33(29)48-3)44-12-9-39-19(2)16-44/h13-15,17-20,38-39H,4-12,16H2,1-3H3. The first-order valence-electron chi connectivity index (χ1n) is 16.9. The smallest absolute Gasteiger partial charge is 0.253 e. The Kier molecular flexibility index (Phi) is 7.86. The molecule has 0 bridgehead atoms. The zero-order valence-corrected chi connectivity index (χ0v) is 27.7. The molecule has 0 spiro atoms. The molecule has 2 aromatic carbocycles. The van der Waals surface area contributed by atoms with Crippen molar-refractivity contribution in [1.82, 2.24) is 30.0 Å². The quantitative estimate of drug-likeness (QED) is 0.264. The molecule has 12 nitrogen and oxygen atoms in total. The largest absolute Gasteiger partial charge is 0.492 e. The SMILES string of the molecule is CCn1cc(-c2nnc(-c3cn(C4CC4)c4c(OC)c(N5CCNC(C)C5)c(F)cc4c3=O)o2)c(=O)c2cc(F)c(N3CCNCC3)cc21. The van der Waals surface area contributed by atoms with Gasteiger partial charge < -0.3 is 38.7 Å². The molecule has 2 aliphatic heterocycles. The van der Waals surface area contributed by atoms with E-state index < -0.39 is 22.5 Å². The third kappa shape index (κ3) is 5.33. The van der Waals surface area contributed by atoms with E-state index in [1.165, 1.54) is 19.2 Å². The first-order chi connectivity index (χ1) is 23.8. The molecular weight excluding hydrogens is 634 g/mol. The molecule has 3 aliphatic rings. The molecule has 14 heteroatoms. The van der Waals surface area contributed by atoms with Gasteiger partial charge in [0.2, 0.25) is 10.9 Å². The number of pyridine rings is 2. The zero-order valence-electron chi connectivity index (χ0n) is 27.7. The first-order valence-corrected chi connectivity index (χ1v) is 16.9. The van der Waals surface area contributed by atoms with Crippen molar-refractivity contribution in [2.45, 2.75) is 45.3 Å². The van der Waals surface area contributed by atoms with Crippen molar-refractivity contribution >= 4 is 33.2 Å². The summed E-state index contributed by atoms with van der Waals surface area (Å²) in [5.74, 6) is -0.912. The van der Waals surface area contributed by atoms with Crippen molar-refractivity contribution in [3.05, 3.63) is 62.7 Å². The predicted octanol–water partition coefficient (Wildman–Crippen LogP) is 3.88. The highest BCUT2D eigenvalue weighted by Gasteiger charge is 2.32. The summed E-state index contributed by atoms with van der Waals surface area (Å²) in [5.41, 5.74) is 1.13. The topological polar surface area (TPSA) is 123 Å². The second kappa shape index (κ2) is 12.3. The number of nitrogens with one attached hydrogen (secondary N) is 2. The Labute approximate surface area is 280 Å². The van der Waals surface area contributed by atoms with E-state index in [1.54, 1.807) is 18.5 Å². The molecule has 1 aliphatic carbocycles. The number of anilines is 2. The van der Waals surface area contributed by atoms with E-state index in [1.807, 2.05) is 32.8 Å². The highest BCUT2D eigenvalue weighted by atomic mass is 19.1. The summed E-state index contributed by atoms with van der Waals surface area (Å²) in [6, 6.07) is 4.51. The normalized spacial score (nSPS) is 18.5. The van der Waals surface area contributed by atoms with E-state index in [4.69, 9.17) is 9.15 Å². The summed E-state index contributed by atoms with van der Waals surface area (Å²) < 4.78 is 47.1.